The fourth-order valence-electron chi connectivity index (χ4n) is 2.96. The molecule has 0 spiro atoms. The number of hydrazone groups is 1. The van der Waals surface area contributed by atoms with Crippen LogP contribution in [0.2, 0.25) is 10.0 Å². The van der Waals surface area contributed by atoms with E-state index >= 15 is 0 Å². The van der Waals surface area contributed by atoms with Gasteiger partial charge in [0.1, 0.15) is 12.4 Å². The molecule has 0 fully saturated rings. The second-order valence-electron chi connectivity index (χ2n) is 7.00. The van der Waals surface area contributed by atoms with E-state index in [1.54, 1.807) is 24.3 Å². The number of hydrogen-bond donors (Lipinski definition) is 1. The van der Waals surface area contributed by atoms with E-state index in [0.29, 0.717) is 40.3 Å². The molecule has 0 saturated heterocycles. The van der Waals surface area contributed by atoms with Crippen LogP contribution < -0.4 is 19.6 Å². The van der Waals surface area contributed by atoms with Crippen molar-refractivity contribution in [3.8, 4) is 17.2 Å². The number of carbonyl (C=O) groups excluding carboxylic acids is 1. The molecule has 3 aromatic carbocycles. The van der Waals surface area contributed by atoms with Crippen molar-refractivity contribution in [2.45, 2.75) is 20.0 Å². The number of methoxy groups -OCH3 is 1. The van der Waals surface area contributed by atoms with E-state index < -0.39 is 0 Å². The van der Waals surface area contributed by atoms with Crippen molar-refractivity contribution in [1.29, 1.82) is 0 Å². The van der Waals surface area contributed by atoms with Gasteiger partial charge in [0.05, 0.1) is 31.4 Å². The molecule has 8 heteroatoms. The van der Waals surface area contributed by atoms with Gasteiger partial charge in [-0.15, -0.1) is 0 Å². The van der Waals surface area contributed by atoms with Gasteiger partial charge in [0, 0.05) is 5.02 Å². The molecule has 172 valence electrons. The maximum absolute atomic E-state index is 12.2. The quantitative estimate of drug-likeness (QED) is 0.296. The molecule has 0 radical (unpaired) electrons. The van der Waals surface area contributed by atoms with Crippen LogP contribution in [-0.2, 0) is 17.8 Å². The van der Waals surface area contributed by atoms with Gasteiger partial charge < -0.3 is 14.2 Å². The summed E-state index contributed by atoms with van der Waals surface area (Å²) in [4.78, 5) is 12.2. The largest absolute Gasteiger partial charge is 0.494 e. The fourth-order valence-corrected chi connectivity index (χ4v) is 3.36. The minimum Gasteiger partial charge on any atom is -0.494 e. The first-order chi connectivity index (χ1) is 16.0. The first kappa shape index (κ1) is 24.4. The van der Waals surface area contributed by atoms with Crippen LogP contribution in [0.1, 0.15) is 23.6 Å². The number of nitrogens with zero attached hydrogens (tertiary/aromatic N) is 1. The van der Waals surface area contributed by atoms with Crippen molar-refractivity contribution in [2.24, 2.45) is 5.10 Å². The van der Waals surface area contributed by atoms with Crippen molar-refractivity contribution in [1.82, 2.24) is 5.43 Å². The monoisotopic (exact) mass is 486 g/mol. The van der Waals surface area contributed by atoms with Gasteiger partial charge in [0.2, 0.25) is 5.91 Å². The summed E-state index contributed by atoms with van der Waals surface area (Å²) in [5.74, 6) is 1.41. The van der Waals surface area contributed by atoms with Crippen LogP contribution >= 0.6 is 23.2 Å². The van der Waals surface area contributed by atoms with Gasteiger partial charge in [0.25, 0.3) is 0 Å². The van der Waals surface area contributed by atoms with Crippen LogP contribution in [0.4, 0.5) is 0 Å². The second-order valence-corrected chi connectivity index (χ2v) is 7.84. The molecule has 0 aromatic heterocycles. The molecule has 1 amide bonds. The zero-order valence-electron chi connectivity index (χ0n) is 18.3. The Bertz CT molecular complexity index is 1100. The highest BCUT2D eigenvalue weighted by atomic mass is 35.5. The fraction of sp³-hybridized carbons (Fsp3) is 0.200. The lowest BCUT2D eigenvalue weighted by Crippen LogP contribution is -2.19. The average Bonchev–Trinajstić information content (AvgIpc) is 2.80. The van der Waals surface area contributed by atoms with E-state index in [4.69, 9.17) is 37.4 Å². The van der Waals surface area contributed by atoms with Crippen molar-refractivity contribution >= 4 is 35.3 Å². The lowest BCUT2D eigenvalue weighted by molar-refractivity contribution is -0.120. The predicted octanol–water partition coefficient (Wildman–Crippen LogP) is 5.67. The molecule has 0 saturated carbocycles. The topological polar surface area (TPSA) is 69.2 Å². The SMILES string of the molecule is CCOc1ccc(CC(=O)N/N=C/c2cc(Cl)c(OCc3ccc(Cl)cc3)c(OC)c2)cc1. The average molecular weight is 487 g/mol. The number of ether oxygens (including phenoxy) is 3. The highest BCUT2D eigenvalue weighted by Gasteiger charge is 2.12. The van der Waals surface area contributed by atoms with Crippen LogP contribution in [-0.4, -0.2) is 25.8 Å². The van der Waals surface area contributed by atoms with Gasteiger partial charge in [-0.05, 0) is 60.0 Å². The van der Waals surface area contributed by atoms with Crippen LogP contribution in [0.25, 0.3) is 0 Å². The second kappa shape index (κ2) is 12.1. The molecule has 1 N–H and O–H groups in total. The molecule has 0 aliphatic carbocycles. The highest BCUT2D eigenvalue weighted by Crippen LogP contribution is 2.36. The summed E-state index contributed by atoms with van der Waals surface area (Å²) in [6, 6.07) is 18.1. The Labute approximate surface area is 203 Å². The molecule has 0 atom stereocenters. The van der Waals surface area contributed by atoms with Crippen molar-refractivity contribution in [2.75, 3.05) is 13.7 Å². The van der Waals surface area contributed by atoms with E-state index in [-0.39, 0.29) is 12.3 Å². The normalized spacial score (nSPS) is 10.8. The van der Waals surface area contributed by atoms with E-state index in [1.165, 1.54) is 13.3 Å². The first-order valence-electron chi connectivity index (χ1n) is 10.3. The Hall–Kier alpha value is -3.22. The van der Waals surface area contributed by atoms with E-state index in [2.05, 4.69) is 10.5 Å². The number of hydrogen-bond acceptors (Lipinski definition) is 5. The van der Waals surface area contributed by atoms with Gasteiger partial charge in [-0.2, -0.15) is 5.10 Å². The third-order valence-corrected chi connectivity index (χ3v) is 5.08. The minimum atomic E-state index is -0.239. The summed E-state index contributed by atoms with van der Waals surface area (Å²) >= 11 is 12.3. The zero-order chi connectivity index (χ0) is 23.6. The van der Waals surface area contributed by atoms with E-state index in [1.807, 2.05) is 43.3 Å². The molecule has 0 bridgehead atoms. The number of benzene rings is 3. The summed E-state index contributed by atoms with van der Waals surface area (Å²) in [6.07, 6.45) is 1.69. The Morgan fingerprint density at radius 3 is 2.36 bits per heavy atom. The van der Waals surface area contributed by atoms with Gasteiger partial charge >= 0.3 is 0 Å². The summed E-state index contributed by atoms with van der Waals surface area (Å²) < 4.78 is 16.7. The van der Waals surface area contributed by atoms with Crippen LogP contribution in [0, 0.1) is 0 Å². The third-order valence-electron chi connectivity index (χ3n) is 4.55. The molecule has 0 aliphatic heterocycles. The molecular formula is C25H24Cl2N2O4. The lowest BCUT2D eigenvalue weighted by atomic mass is 10.1. The molecule has 6 nitrogen and oxygen atoms in total. The Morgan fingerprint density at radius 2 is 1.70 bits per heavy atom. The van der Waals surface area contributed by atoms with Gasteiger partial charge in [-0.3, -0.25) is 4.79 Å². The molecule has 3 rings (SSSR count). The molecule has 0 unspecified atom stereocenters. The molecule has 0 heterocycles. The third kappa shape index (κ3) is 7.41. The number of amides is 1. The number of halogens is 2. The maximum Gasteiger partial charge on any atom is 0.244 e. The van der Waals surface area contributed by atoms with Crippen molar-refractivity contribution < 1.29 is 19.0 Å². The highest BCUT2D eigenvalue weighted by molar-refractivity contribution is 6.32. The van der Waals surface area contributed by atoms with Crippen molar-refractivity contribution in [3.05, 3.63) is 87.4 Å². The number of rotatable bonds is 10. The van der Waals surface area contributed by atoms with Gasteiger partial charge in [-0.25, -0.2) is 5.43 Å². The van der Waals surface area contributed by atoms with E-state index in [9.17, 15) is 4.79 Å². The lowest BCUT2D eigenvalue weighted by Gasteiger charge is -2.13. The Balaban J connectivity index is 1.59. The smallest absolute Gasteiger partial charge is 0.244 e. The number of nitrogens with one attached hydrogen (secondary N) is 1. The standard InChI is InChI=1S/C25H24Cl2N2O4/c1-3-32-21-10-6-17(7-11-21)14-24(30)29-28-15-19-12-22(27)25(23(13-19)31-2)33-16-18-4-8-20(26)9-5-18/h4-13,15H,3,14,16H2,1-2H3,(H,29,30)/b28-15+. The summed E-state index contributed by atoms with van der Waals surface area (Å²) in [5.41, 5.74) is 4.97. The minimum absolute atomic E-state index is 0.200. The first-order valence-corrected chi connectivity index (χ1v) is 11.0. The summed E-state index contributed by atoms with van der Waals surface area (Å²) in [6.45, 7) is 2.82. The molecule has 0 aliphatic rings. The molecule has 33 heavy (non-hydrogen) atoms. The van der Waals surface area contributed by atoms with Crippen LogP contribution in [0.15, 0.2) is 65.8 Å². The predicted molar refractivity (Wildman–Crippen MR) is 131 cm³/mol. The summed E-state index contributed by atoms with van der Waals surface area (Å²) in [7, 11) is 1.53. The van der Waals surface area contributed by atoms with Gasteiger partial charge in [0.15, 0.2) is 11.5 Å². The summed E-state index contributed by atoms with van der Waals surface area (Å²) in [5, 5.41) is 5.04. The Morgan fingerprint density at radius 1 is 1.00 bits per heavy atom. The van der Waals surface area contributed by atoms with Crippen LogP contribution in [0.5, 0.6) is 17.2 Å². The van der Waals surface area contributed by atoms with Gasteiger partial charge in [-0.1, -0.05) is 47.5 Å². The van der Waals surface area contributed by atoms with E-state index in [0.717, 1.165) is 16.9 Å². The number of carbonyl (C=O) groups is 1. The van der Waals surface area contributed by atoms with Crippen molar-refractivity contribution in [3.63, 3.8) is 0 Å². The molecule has 3 aromatic rings. The molecular weight excluding hydrogens is 463 g/mol. The Kier molecular flexibility index (Phi) is 8.98. The maximum atomic E-state index is 12.2. The van der Waals surface area contributed by atoms with Crippen LogP contribution in [0.3, 0.4) is 0 Å². The zero-order valence-corrected chi connectivity index (χ0v) is 19.8.